The van der Waals surface area contributed by atoms with Gasteiger partial charge in [0.05, 0.1) is 5.69 Å². The molecular formula is C15H10N2O3. The Hall–Kier alpha value is -2.66. The molecule has 2 aliphatic heterocycles. The molecule has 0 fully saturated rings. The zero-order valence-corrected chi connectivity index (χ0v) is 10.4. The van der Waals surface area contributed by atoms with Gasteiger partial charge in [0.2, 0.25) is 0 Å². The smallest absolute Gasteiger partial charge is 0.346 e. The van der Waals surface area contributed by atoms with Crippen molar-refractivity contribution in [3.05, 3.63) is 64.7 Å². The lowest BCUT2D eigenvalue weighted by Crippen LogP contribution is -2.35. The summed E-state index contributed by atoms with van der Waals surface area (Å²) in [6, 6.07) is 7.18. The van der Waals surface area contributed by atoms with E-state index in [1.165, 1.54) is 4.90 Å². The van der Waals surface area contributed by atoms with Crippen LogP contribution in [0.25, 0.3) is 11.0 Å². The molecular weight excluding hydrogens is 256 g/mol. The van der Waals surface area contributed by atoms with Crippen LogP contribution in [0.1, 0.15) is 11.8 Å². The third-order valence-corrected chi connectivity index (χ3v) is 3.44. The molecule has 0 bridgehead atoms. The molecule has 1 aromatic carbocycles. The summed E-state index contributed by atoms with van der Waals surface area (Å²) in [7, 11) is 0. The second kappa shape index (κ2) is 3.91. The van der Waals surface area contributed by atoms with Crippen LogP contribution in [-0.2, 0) is 0 Å². The molecule has 0 amide bonds. The van der Waals surface area contributed by atoms with Crippen LogP contribution in [0.2, 0.25) is 0 Å². The first-order valence-electron chi connectivity index (χ1n) is 6.21. The minimum absolute atomic E-state index is 0.174. The Labute approximate surface area is 113 Å². The molecule has 5 nitrogen and oxygen atoms in total. The molecule has 3 heterocycles. The number of aliphatic hydroxyl groups is 1. The quantitative estimate of drug-likeness (QED) is 0.742. The van der Waals surface area contributed by atoms with Crippen LogP contribution in [0.4, 0.5) is 5.69 Å². The fourth-order valence-corrected chi connectivity index (χ4v) is 2.50. The van der Waals surface area contributed by atoms with Crippen LogP contribution >= 0.6 is 0 Å². The summed E-state index contributed by atoms with van der Waals surface area (Å²) in [4.78, 5) is 18.1. The van der Waals surface area contributed by atoms with Gasteiger partial charge in [0.25, 0.3) is 0 Å². The highest BCUT2D eigenvalue weighted by atomic mass is 16.4. The van der Waals surface area contributed by atoms with E-state index in [4.69, 9.17) is 4.42 Å². The Balaban J connectivity index is 2.12. The van der Waals surface area contributed by atoms with Crippen molar-refractivity contribution < 1.29 is 9.52 Å². The summed E-state index contributed by atoms with van der Waals surface area (Å²) < 4.78 is 5.26. The first-order valence-corrected chi connectivity index (χ1v) is 6.21. The first kappa shape index (κ1) is 11.2. The Morgan fingerprint density at radius 3 is 3.00 bits per heavy atom. The third-order valence-electron chi connectivity index (χ3n) is 3.44. The molecule has 98 valence electrons. The van der Waals surface area contributed by atoms with E-state index in [1.54, 1.807) is 30.5 Å². The largest absolute Gasteiger partial charge is 0.422 e. The molecule has 20 heavy (non-hydrogen) atoms. The fourth-order valence-electron chi connectivity index (χ4n) is 2.50. The lowest BCUT2D eigenvalue weighted by molar-refractivity contribution is 0.0773. The molecule has 0 aliphatic carbocycles. The lowest BCUT2D eigenvalue weighted by Gasteiger charge is -2.31. The van der Waals surface area contributed by atoms with Gasteiger partial charge in [0, 0.05) is 11.6 Å². The predicted octanol–water partition coefficient (Wildman–Crippen LogP) is 2.21. The zero-order valence-electron chi connectivity index (χ0n) is 10.4. The fraction of sp³-hybridized carbons (Fsp3) is 0.0667. The van der Waals surface area contributed by atoms with Crippen molar-refractivity contribution in [1.29, 1.82) is 0 Å². The van der Waals surface area contributed by atoms with E-state index in [0.717, 1.165) is 5.39 Å². The first-order chi connectivity index (χ1) is 9.75. The van der Waals surface area contributed by atoms with E-state index >= 15 is 0 Å². The second-order valence-electron chi connectivity index (χ2n) is 4.60. The van der Waals surface area contributed by atoms with Crippen LogP contribution in [0, 0.1) is 0 Å². The maximum Gasteiger partial charge on any atom is 0.346 e. The molecule has 0 radical (unpaired) electrons. The number of rotatable bonds is 0. The number of hydrogen-bond acceptors (Lipinski definition) is 5. The van der Waals surface area contributed by atoms with Gasteiger partial charge in [-0.15, -0.1) is 0 Å². The van der Waals surface area contributed by atoms with Crippen molar-refractivity contribution in [2.45, 2.75) is 6.23 Å². The topological polar surface area (TPSA) is 66.0 Å². The molecule has 1 unspecified atom stereocenters. The average Bonchev–Trinajstić information content (AvgIpc) is 2.47. The minimum atomic E-state index is -1.08. The maximum absolute atomic E-state index is 12.1. The second-order valence-corrected chi connectivity index (χ2v) is 4.60. The van der Waals surface area contributed by atoms with Gasteiger partial charge in [-0.2, -0.15) is 0 Å². The molecule has 2 aromatic rings. The number of hydrogen-bond donors (Lipinski definition) is 1. The van der Waals surface area contributed by atoms with Gasteiger partial charge in [-0.3, -0.25) is 0 Å². The van der Waals surface area contributed by atoms with Gasteiger partial charge in [0.15, 0.2) is 6.23 Å². The van der Waals surface area contributed by atoms with Crippen molar-refractivity contribution in [2.24, 2.45) is 4.99 Å². The number of aliphatic hydroxyl groups excluding tert-OH is 1. The summed E-state index contributed by atoms with van der Waals surface area (Å²) in [6.07, 6.45) is 5.99. The van der Waals surface area contributed by atoms with Crippen molar-refractivity contribution in [2.75, 3.05) is 0 Å². The van der Waals surface area contributed by atoms with Crippen LogP contribution in [-0.4, -0.2) is 15.8 Å². The van der Waals surface area contributed by atoms with E-state index in [9.17, 15) is 9.90 Å². The van der Waals surface area contributed by atoms with Gasteiger partial charge >= 0.3 is 5.63 Å². The van der Waals surface area contributed by atoms with Crippen LogP contribution in [0.3, 0.4) is 0 Å². The van der Waals surface area contributed by atoms with E-state index in [0.29, 0.717) is 17.1 Å². The van der Waals surface area contributed by atoms with Crippen molar-refractivity contribution in [1.82, 2.24) is 4.90 Å². The highest BCUT2D eigenvalue weighted by Gasteiger charge is 2.31. The highest BCUT2D eigenvalue weighted by Crippen LogP contribution is 2.37. The molecule has 0 saturated heterocycles. The Morgan fingerprint density at radius 1 is 1.25 bits per heavy atom. The van der Waals surface area contributed by atoms with Gasteiger partial charge in [0.1, 0.15) is 17.0 Å². The van der Waals surface area contributed by atoms with Crippen molar-refractivity contribution >= 4 is 22.5 Å². The van der Waals surface area contributed by atoms with Crippen LogP contribution < -0.4 is 5.63 Å². The number of fused-ring (bicyclic) bond motifs is 4. The maximum atomic E-state index is 12.1. The molecule has 0 spiro atoms. The molecule has 1 atom stereocenters. The number of allylic oxidation sites excluding steroid dienone is 2. The average molecular weight is 266 g/mol. The van der Waals surface area contributed by atoms with Gasteiger partial charge < -0.3 is 14.4 Å². The number of aliphatic imine (C=N–C) groups is 1. The number of nitrogens with zero attached hydrogens (tertiary/aromatic N) is 2. The third kappa shape index (κ3) is 1.41. The molecule has 5 heteroatoms. The number of para-hydroxylation sites is 1. The van der Waals surface area contributed by atoms with Crippen molar-refractivity contribution in [3.8, 4) is 0 Å². The Bertz CT molecular complexity index is 861. The van der Waals surface area contributed by atoms with Crippen molar-refractivity contribution in [3.63, 3.8) is 0 Å². The van der Waals surface area contributed by atoms with E-state index < -0.39 is 11.9 Å². The van der Waals surface area contributed by atoms with Gasteiger partial charge in [-0.05, 0) is 24.3 Å². The zero-order chi connectivity index (χ0) is 13.7. The van der Waals surface area contributed by atoms with Crippen LogP contribution in [0.15, 0.2) is 62.9 Å². The Kier molecular flexibility index (Phi) is 2.19. The van der Waals surface area contributed by atoms with Crippen LogP contribution in [0.5, 0.6) is 0 Å². The summed E-state index contributed by atoms with van der Waals surface area (Å²) in [5, 5.41) is 11.1. The standard InChI is InChI=1S/C15H10N2O3/c18-14-12-13(16-11-7-3-4-8-17(11)14)9-5-1-2-6-10(9)20-15(12)19/h1-8,14,18H. The number of benzene rings is 1. The van der Waals surface area contributed by atoms with Gasteiger partial charge in [-0.1, -0.05) is 18.2 Å². The van der Waals surface area contributed by atoms with E-state index in [-0.39, 0.29) is 5.56 Å². The SMILES string of the molecule is O=c1oc2ccccc2c2c1C(O)N1C=CC=CC1=N2. The molecule has 4 rings (SSSR count). The van der Waals surface area contributed by atoms with E-state index in [2.05, 4.69) is 4.99 Å². The predicted molar refractivity (Wildman–Crippen MR) is 74.7 cm³/mol. The highest BCUT2D eigenvalue weighted by molar-refractivity contribution is 6.02. The van der Waals surface area contributed by atoms with E-state index in [1.807, 2.05) is 18.2 Å². The summed E-state index contributed by atoms with van der Waals surface area (Å²) >= 11 is 0. The summed E-state index contributed by atoms with van der Waals surface area (Å²) in [5.41, 5.74) is 0.566. The summed E-state index contributed by atoms with van der Waals surface area (Å²) in [6.45, 7) is 0. The molecule has 1 aromatic heterocycles. The summed E-state index contributed by atoms with van der Waals surface area (Å²) in [5.74, 6) is 0.600. The molecule has 1 N–H and O–H groups in total. The normalized spacial score (nSPS) is 19.8. The molecule has 2 aliphatic rings. The lowest BCUT2D eigenvalue weighted by atomic mass is 10.1. The minimum Gasteiger partial charge on any atom is -0.422 e. The molecule has 0 saturated carbocycles. The Morgan fingerprint density at radius 2 is 2.10 bits per heavy atom. The van der Waals surface area contributed by atoms with Gasteiger partial charge in [-0.25, -0.2) is 9.79 Å². The number of amidine groups is 1. The monoisotopic (exact) mass is 266 g/mol.